The van der Waals surface area contributed by atoms with Crippen LogP contribution in [-0.4, -0.2) is 18.5 Å². The lowest BCUT2D eigenvalue weighted by atomic mass is 10.1. The summed E-state index contributed by atoms with van der Waals surface area (Å²) in [6.07, 6.45) is -0.516. The average Bonchev–Trinajstić information content (AvgIpc) is 2.61. The molecule has 0 saturated heterocycles. The second-order valence-corrected chi connectivity index (χ2v) is 3.67. The number of ether oxygens (including phenoxy) is 3. The molecule has 0 bridgehead atoms. The van der Waals surface area contributed by atoms with Gasteiger partial charge >= 0.3 is 11.9 Å². The Kier molecular flexibility index (Phi) is 2.99. The first-order valence-corrected chi connectivity index (χ1v) is 5.19. The smallest absolute Gasteiger partial charge is 0.308 e. The lowest BCUT2D eigenvalue weighted by Gasteiger charge is -2.12. The Hall–Kier alpha value is -2.04. The molecule has 0 aromatic heterocycles. The van der Waals surface area contributed by atoms with E-state index in [1.54, 1.807) is 18.2 Å². The average molecular weight is 236 g/mol. The van der Waals surface area contributed by atoms with E-state index < -0.39 is 18.0 Å². The Balaban J connectivity index is 2.34. The summed E-state index contributed by atoms with van der Waals surface area (Å²) in [5.74, 6) is 0.129. The van der Waals surface area contributed by atoms with Gasteiger partial charge in [-0.15, -0.1) is 0 Å². The van der Waals surface area contributed by atoms with Gasteiger partial charge in [-0.3, -0.25) is 9.59 Å². The number of benzene rings is 1. The summed E-state index contributed by atoms with van der Waals surface area (Å²) >= 11 is 0. The van der Waals surface area contributed by atoms with Gasteiger partial charge in [-0.1, -0.05) is 6.07 Å². The van der Waals surface area contributed by atoms with E-state index >= 15 is 0 Å². The largest absolute Gasteiger partial charge is 0.489 e. The first-order valence-electron chi connectivity index (χ1n) is 5.19. The maximum atomic E-state index is 11.0. The summed E-state index contributed by atoms with van der Waals surface area (Å²) in [5.41, 5.74) is 0.609. The van der Waals surface area contributed by atoms with Crippen LogP contribution in [0.15, 0.2) is 18.2 Å². The van der Waals surface area contributed by atoms with Crippen molar-refractivity contribution in [3.63, 3.8) is 0 Å². The van der Waals surface area contributed by atoms with Crippen LogP contribution >= 0.6 is 0 Å². The highest BCUT2D eigenvalue weighted by Gasteiger charge is 2.30. The van der Waals surface area contributed by atoms with E-state index in [1.165, 1.54) is 13.8 Å². The van der Waals surface area contributed by atoms with E-state index in [4.69, 9.17) is 14.2 Å². The van der Waals surface area contributed by atoms with Gasteiger partial charge in [0.25, 0.3) is 0 Å². The molecule has 1 heterocycles. The van der Waals surface area contributed by atoms with Crippen LogP contribution in [0.1, 0.15) is 25.5 Å². The first-order chi connectivity index (χ1) is 8.08. The fourth-order valence-corrected chi connectivity index (χ4v) is 1.75. The van der Waals surface area contributed by atoms with Crippen LogP contribution in [0.3, 0.4) is 0 Å². The molecule has 0 N–H and O–H groups in total. The molecule has 1 aromatic rings. The minimum absolute atomic E-state index is 0.243. The molecule has 0 spiro atoms. The third-order valence-corrected chi connectivity index (χ3v) is 2.30. The van der Waals surface area contributed by atoms with Gasteiger partial charge in [-0.2, -0.15) is 0 Å². The van der Waals surface area contributed by atoms with Gasteiger partial charge in [-0.05, 0) is 12.1 Å². The van der Waals surface area contributed by atoms with E-state index in [0.717, 1.165) is 0 Å². The molecular weight excluding hydrogens is 224 g/mol. The molecule has 0 amide bonds. The van der Waals surface area contributed by atoms with Crippen molar-refractivity contribution in [2.24, 2.45) is 0 Å². The molecule has 1 unspecified atom stereocenters. The number of hydrogen-bond acceptors (Lipinski definition) is 5. The number of esters is 2. The van der Waals surface area contributed by atoms with Crippen LogP contribution in [-0.2, 0) is 14.3 Å². The molecule has 2 rings (SSSR count). The Labute approximate surface area is 98.3 Å². The van der Waals surface area contributed by atoms with E-state index in [0.29, 0.717) is 17.1 Å². The van der Waals surface area contributed by atoms with Gasteiger partial charge in [0.1, 0.15) is 18.1 Å². The van der Waals surface area contributed by atoms with Crippen molar-refractivity contribution in [2.75, 3.05) is 6.61 Å². The molecule has 0 radical (unpaired) electrons. The maximum absolute atomic E-state index is 11.0. The Morgan fingerprint density at radius 2 is 2.06 bits per heavy atom. The number of hydrogen-bond donors (Lipinski definition) is 0. The van der Waals surface area contributed by atoms with E-state index in [-0.39, 0.29) is 6.61 Å². The van der Waals surface area contributed by atoms with E-state index in [2.05, 4.69) is 0 Å². The second-order valence-electron chi connectivity index (χ2n) is 3.67. The van der Waals surface area contributed by atoms with E-state index in [1.807, 2.05) is 0 Å². The van der Waals surface area contributed by atoms with Crippen LogP contribution in [0.4, 0.5) is 0 Å². The molecule has 1 aromatic carbocycles. The molecule has 90 valence electrons. The predicted octanol–water partition coefficient (Wildman–Crippen LogP) is 1.61. The Morgan fingerprint density at radius 1 is 1.29 bits per heavy atom. The second kappa shape index (κ2) is 4.45. The number of carbonyl (C=O) groups excluding carboxylic acids is 2. The molecule has 5 heteroatoms. The standard InChI is InChI=1S/C12H12O5/c1-7(13)16-10-5-3-4-9-12(10)11(6-15-9)17-8(2)14/h3-5,11H,6H2,1-2H3. The van der Waals surface area contributed by atoms with Crippen molar-refractivity contribution >= 4 is 11.9 Å². The van der Waals surface area contributed by atoms with Crippen LogP contribution in [0.5, 0.6) is 11.5 Å². The quantitative estimate of drug-likeness (QED) is 0.576. The van der Waals surface area contributed by atoms with Gasteiger partial charge in [0.2, 0.25) is 0 Å². The minimum Gasteiger partial charge on any atom is -0.489 e. The zero-order valence-electron chi connectivity index (χ0n) is 9.56. The number of fused-ring (bicyclic) bond motifs is 1. The van der Waals surface area contributed by atoms with Crippen molar-refractivity contribution in [3.05, 3.63) is 23.8 Å². The van der Waals surface area contributed by atoms with Gasteiger partial charge in [0.15, 0.2) is 6.10 Å². The number of rotatable bonds is 2. The first kappa shape index (κ1) is 11.4. The Bertz CT molecular complexity index is 466. The third-order valence-electron chi connectivity index (χ3n) is 2.30. The van der Waals surface area contributed by atoms with Crippen LogP contribution in [0.2, 0.25) is 0 Å². The molecule has 1 atom stereocenters. The highest BCUT2D eigenvalue weighted by Crippen LogP contribution is 2.41. The van der Waals surface area contributed by atoms with Gasteiger partial charge in [0, 0.05) is 13.8 Å². The molecule has 0 aliphatic carbocycles. The molecule has 5 nitrogen and oxygen atoms in total. The highest BCUT2D eigenvalue weighted by atomic mass is 16.6. The van der Waals surface area contributed by atoms with Crippen molar-refractivity contribution in [3.8, 4) is 11.5 Å². The zero-order chi connectivity index (χ0) is 12.4. The minimum atomic E-state index is -0.516. The maximum Gasteiger partial charge on any atom is 0.308 e. The molecule has 1 aliphatic heterocycles. The summed E-state index contributed by atoms with van der Waals surface area (Å²) in [4.78, 5) is 21.9. The number of carbonyl (C=O) groups is 2. The third kappa shape index (κ3) is 2.38. The normalized spacial score (nSPS) is 16.9. The highest BCUT2D eigenvalue weighted by molar-refractivity contribution is 5.71. The summed E-state index contributed by atoms with van der Waals surface area (Å²) in [6.45, 7) is 2.88. The van der Waals surface area contributed by atoms with Gasteiger partial charge < -0.3 is 14.2 Å². The predicted molar refractivity (Wildman–Crippen MR) is 57.8 cm³/mol. The molecule has 0 saturated carbocycles. The van der Waals surface area contributed by atoms with Crippen molar-refractivity contribution in [2.45, 2.75) is 20.0 Å². The van der Waals surface area contributed by atoms with Crippen molar-refractivity contribution < 1.29 is 23.8 Å². The van der Waals surface area contributed by atoms with Crippen LogP contribution in [0, 0.1) is 0 Å². The SMILES string of the molecule is CC(=O)Oc1cccc2c1C(OC(C)=O)CO2. The summed E-state index contributed by atoms with van der Waals surface area (Å²) < 4.78 is 15.5. The van der Waals surface area contributed by atoms with Gasteiger partial charge in [0.05, 0.1) is 5.56 Å². The topological polar surface area (TPSA) is 61.8 Å². The fraction of sp³-hybridized carbons (Fsp3) is 0.333. The van der Waals surface area contributed by atoms with Crippen molar-refractivity contribution in [1.29, 1.82) is 0 Å². The lowest BCUT2D eigenvalue weighted by Crippen LogP contribution is -2.11. The summed E-state index contributed by atoms with van der Waals surface area (Å²) in [5, 5.41) is 0. The zero-order valence-corrected chi connectivity index (χ0v) is 9.56. The molecular formula is C12H12O5. The summed E-state index contributed by atoms with van der Waals surface area (Å²) in [6, 6.07) is 5.10. The molecule has 17 heavy (non-hydrogen) atoms. The van der Waals surface area contributed by atoms with Crippen LogP contribution in [0.25, 0.3) is 0 Å². The van der Waals surface area contributed by atoms with Crippen LogP contribution < -0.4 is 9.47 Å². The Morgan fingerprint density at radius 3 is 2.71 bits per heavy atom. The fourth-order valence-electron chi connectivity index (χ4n) is 1.75. The lowest BCUT2D eigenvalue weighted by molar-refractivity contribution is -0.147. The van der Waals surface area contributed by atoms with E-state index in [9.17, 15) is 9.59 Å². The molecule has 0 fully saturated rings. The van der Waals surface area contributed by atoms with Gasteiger partial charge in [-0.25, -0.2) is 0 Å². The molecule has 1 aliphatic rings. The van der Waals surface area contributed by atoms with Crippen molar-refractivity contribution in [1.82, 2.24) is 0 Å². The summed E-state index contributed by atoms with van der Waals surface area (Å²) in [7, 11) is 0. The monoisotopic (exact) mass is 236 g/mol.